The number of nitrogens with zero attached hydrogens (tertiary/aromatic N) is 2. The second kappa shape index (κ2) is 6.76. The normalized spacial score (nSPS) is 19.1. The van der Waals surface area contributed by atoms with Crippen LogP contribution in [0.1, 0.15) is 19.8 Å². The standard InChI is InChI=1S/C16H19ClN2O4/c1-2-22-15(20)11-4-3-7-18(9-11)10-19-13-6-5-12(17)8-14(13)23-16(19)21/h5-6,8,11H,2-4,7,9-10H2,1H3. The van der Waals surface area contributed by atoms with E-state index in [9.17, 15) is 9.59 Å². The molecule has 0 amide bonds. The third kappa shape index (κ3) is 3.43. The molecule has 1 saturated heterocycles. The molecule has 0 spiro atoms. The highest BCUT2D eigenvalue weighted by Gasteiger charge is 2.27. The average molecular weight is 339 g/mol. The third-order valence-electron chi connectivity index (χ3n) is 4.10. The van der Waals surface area contributed by atoms with Gasteiger partial charge in [-0.25, -0.2) is 4.79 Å². The molecular weight excluding hydrogens is 320 g/mol. The zero-order valence-corrected chi connectivity index (χ0v) is 13.7. The Morgan fingerprint density at radius 3 is 3.09 bits per heavy atom. The van der Waals surface area contributed by atoms with Crippen molar-refractivity contribution in [3.63, 3.8) is 0 Å². The van der Waals surface area contributed by atoms with Gasteiger partial charge in [-0.05, 0) is 38.4 Å². The highest BCUT2D eigenvalue weighted by Crippen LogP contribution is 2.21. The highest BCUT2D eigenvalue weighted by atomic mass is 35.5. The number of benzene rings is 1. The molecule has 124 valence electrons. The molecule has 0 radical (unpaired) electrons. The fraction of sp³-hybridized carbons (Fsp3) is 0.500. The Labute approximate surface area is 138 Å². The predicted molar refractivity (Wildman–Crippen MR) is 86.4 cm³/mol. The minimum atomic E-state index is -0.416. The van der Waals surface area contributed by atoms with Gasteiger partial charge in [0.2, 0.25) is 0 Å². The van der Waals surface area contributed by atoms with Crippen LogP contribution in [0.3, 0.4) is 0 Å². The van der Waals surface area contributed by atoms with E-state index in [1.165, 1.54) is 0 Å². The lowest BCUT2D eigenvalue weighted by molar-refractivity contribution is -0.150. The molecule has 6 nitrogen and oxygen atoms in total. The van der Waals surface area contributed by atoms with Crippen LogP contribution in [0.25, 0.3) is 11.1 Å². The number of hydrogen-bond donors (Lipinski definition) is 0. The van der Waals surface area contributed by atoms with E-state index in [1.807, 2.05) is 0 Å². The molecule has 1 aliphatic rings. The number of carbonyl (C=O) groups excluding carboxylic acids is 1. The largest absolute Gasteiger partial charge is 0.466 e. The highest BCUT2D eigenvalue weighted by molar-refractivity contribution is 6.31. The molecule has 0 aliphatic carbocycles. The summed E-state index contributed by atoms with van der Waals surface area (Å²) in [5, 5.41) is 0.527. The predicted octanol–water partition coefficient (Wildman–Crippen LogP) is 2.48. The van der Waals surface area contributed by atoms with Crippen molar-refractivity contribution in [2.24, 2.45) is 5.92 Å². The van der Waals surface area contributed by atoms with Crippen LogP contribution in [0.5, 0.6) is 0 Å². The van der Waals surface area contributed by atoms with E-state index in [4.69, 9.17) is 20.8 Å². The molecular formula is C16H19ClN2O4. The van der Waals surface area contributed by atoms with Crippen molar-refractivity contribution in [3.05, 3.63) is 33.8 Å². The summed E-state index contributed by atoms with van der Waals surface area (Å²) >= 11 is 5.92. The van der Waals surface area contributed by atoms with E-state index in [-0.39, 0.29) is 11.9 Å². The number of fused-ring (bicyclic) bond motifs is 1. The van der Waals surface area contributed by atoms with Crippen molar-refractivity contribution >= 4 is 28.7 Å². The Hall–Kier alpha value is -1.79. The molecule has 3 rings (SSSR count). The number of oxazole rings is 1. The van der Waals surface area contributed by atoms with Gasteiger partial charge in [0.15, 0.2) is 5.58 Å². The molecule has 1 unspecified atom stereocenters. The smallest absolute Gasteiger partial charge is 0.421 e. The van der Waals surface area contributed by atoms with Crippen LogP contribution in [0.2, 0.25) is 5.02 Å². The lowest BCUT2D eigenvalue weighted by Gasteiger charge is -2.31. The van der Waals surface area contributed by atoms with Gasteiger partial charge in [-0.15, -0.1) is 0 Å². The maximum atomic E-state index is 12.1. The van der Waals surface area contributed by atoms with Crippen LogP contribution in [0.4, 0.5) is 0 Å². The van der Waals surface area contributed by atoms with Crippen molar-refractivity contribution in [1.82, 2.24) is 9.47 Å². The van der Waals surface area contributed by atoms with Crippen LogP contribution < -0.4 is 5.76 Å². The average Bonchev–Trinajstić information content (AvgIpc) is 2.83. The summed E-state index contributed by atoms with van der Waals surface area (Å²) in [5.74, 6) is -0.707. The first-order valence-corrected chi connectivity index (χ1v) is 8.14. The van der Waals surface area contributed by atoms with Gasteiger partial charge >= 0.3 is 11.7 Å². The van der Waals surface area contributed by atoms with E-state index >= 15 is 0 Å². The Morgan fingerprint density at radius 1 is 1.48 bits per heavy atom. The molecule has 2 heterocycles. The molecule has 1 fully saturated rings. The van der Waals surface area contributed by atoms with E-state index in [0.29, 0.717) is 35.9 Å². The van der Waals surface area contributed by atoms with Crippen molar-refractivity contribution in [1.29, 1.82) is 0 Å². The second-order valence-electron chi connectivity index (χ2n) is 5.72. The first-order chi connectivity index (χ1) is 11.1. The quantitative estimate of drug-likeness (QED) is 0.801. The number of carbonyl (C=O) groups is 1. The second-order valence-corrected chi connectivity index (χ2v) is 6.15. The monoisotopic (exact) mass is 338 g/mol. The van der Waals surface area contributed by atoms with Gasteiger partial charge in [0, 0.05) is 17.6 Å². The van der Waals surface area contributed by atoms with Crippen LogP contribution in [0, 0.1) is 5.92 Å². The van der Waals surface area contributed by atoms with Crippen molar-refractivity contribution in [3.8, 4) is 0 Å². The molecule has 1 atom stereocenters. The molecule has 23 heavy (non-hydrogen) atoms. The maximum absolute atomic E-state index is 12.1. The number of hydrogen-bond acceptors (Lipinski definition) is 5. The van der Waals surface area contributed by atoms with Gasteiger partial charge in [0.05, 0.1) is 24.7 Å². The van der Waals surface area contributed by atoms with Crippen LogP contribution in [-0.4, -0.2) is 35.1 Å². The van der Waals surface area contributed by atoms with Gasteiger partial charge in [0.25, 0.3) is 0 Å². The number of aromatic nitrogens is 1. The minimum Gasteiger partial charge on any atom is -0.466 e. The van der Waals surface area contributed by atoms with Gasteiger partial charge in [0.1, 0.15) is 0 Å². The van der Waals surface area contributed by atoms with Crippen LogP contribution >= 0.6 is 11.6 Å². The van der Waals surface area contributed by atoms with Crippen molar-refractivity contribution < 1.29 is 13.9 Å². The maximum Gasteiger partial charge on any atom is 0.421 e. The van der Waals surface area contributed by atoms with Crippen LogP contribution in [-0.2, 0) is 16.2 Å². The molecule has 0 bridgehead atoms. The summed E-state index contributed by atoms with van der Waals surface area (Å²) in [5.41, 5.74) is 1.18. The number of ether oxygens (including phenoxy) is 1. The molecule has 1 aromatic heterocycles. The van der Waals surface area contributed by atoms with Crippen LogP contribution in [0.15, 0.2) is 27.4 Å². The first kappa shape index (κ1) is 16.1. The molecule has 7 heteroatoms. The van der Waals surface area contributed by atoms with E-state index in [0.717, 1.165) is 19.4 Å². The van der Waals surface area contributed by atoms with Gasteiger partial charge in [-0.1, -0.05) is 11.6 Å². The summed E-state index contributed by atoms with van der Waals surface area (Å²) in [4.78, 5) is 26.1. The molecule has 2 aromatic rings. The summed E-state index contributed by atoms with van der Waals surface area (Å²) < 4.78 is 11.9. The fourth-order valence-corrected chi connectivity index (χ4v) is 3.17. The van der Waals surface area contributed by atoms with Gasteiger partial charge < -0.3 is 9.15 Å². The molecule has 1 aliphatic heterocycles. The summed E-state index contributed by atoms with van der Waals surface area (Å²) in [6, 6.07) is 5.13. The number of esters is 1. The summed E-state index contributed by atoms with van der Waals surface area (Å²) in [6.45, 7) is 4.01. The Balaban J connectivity index is 1.78. The van der Waals surface area contributed by atoms with E-state index < -0.39 is 5.76 Å². The topological polar surface area (TPSA) is 64.7 Å². The molecule has 1 aromatic carbocycles. The zero-order valence-electron chi connectivity index (χ0n) is 13.0. The number of piperidine rings is 1. The number of halogens is 1. The number of likely N-dealkylation sites (tertiary alicyclic amines) is 1. The van der Waals surface area contributed by atoms with Crippen molar-refractivity contribution in [2.75, 3.05) is 19.7 Å². The number of rotatable bonds is 4. The third-order valence-corrected chi connectivity index (χ3v) is 4.33. The first-order valence-electron chi connectivity index (χ1n) is 7.76. The summed E-state index contributed by atoms with van der Waals surface area (Å²) in [6.07, 6.45) is 1.73. The molecule has 0 N–H and O–H groups in total. The SMILES string of the molecule is CCOC(=O)C1CCCN(Cn2c(=O)oc3cc(Cl)ccc32)C1. The van der Waals surface area contributed by atoms with E-state index in [2.05, 4.69) is 4.90 Å². The molecule has 0 saturated carbocycles. The fourth-order valence-electron chi connectivity index (χ4n) is 3.01. The van der Waals surface area contributed by atoms with Crippen molar-refractivity contribution in [2.45, 2.75) is 26.4 Å². The lowest BCUT2D eigenvalue weighted by Crippen LogP contribution is -2.41. The minimum absolute atomic E-state index is 0.132. The van der Waals surface area contributed by atoms with E-state index in [1.54, 1.807) is 29.7 Å². The Bertz CT molecular complexity index is 767. The van der Waals surface area contributed by atoms with Gasteiger partial charge in [-0.3, -0.25) is 14.3 Å². The van der Waals surface area contributed by atoms with Gasteiger partial charge in [-0.2, -0.15) is 0 Å². The zero-order chi connectivity index (χ0) is 16.4. The Morgan fingerprint density at radius 2 is 2.30 bits per heavy atom. The summed E-state index contributed by atoms with van der Waals surface area (Å²) in [7, 11) is 0. The lowest BCUT2D eigenvalue weighted by atomic mass is 9.98. The Kier molecular flexibility index (Phi) is 4.73.